The van der Waals surface area contributed by atoms with Crippen molar-refractivity contribution in [2.45, 2.75) is 25.6 Å². The highest BCUT2D eigenvalue weighted by atomic mass is 19.3. The largest absolute Gasteiger partial charge is 0.434 e. The van der Waals surface area contributed by atoms with E-state index >= 15 is 0 Å². The maximum Gasteiger partial charge on any atom is 0.387 e. The van der Waals surface area contributed by atoms with Gasteiger partial charge in [0.25, 0.3) is 5.69 Å². The number of likely N-dealkylation sites (tertiary alicyclic amines) is 1. The van der Waals surface area contributed by atoms with Crippen LogP contribution in [0, 0.1) is 10.1 Å². The smallest absolute Gasteiger partial charge is 0.387 e. The van der Waals surface area contributed by atoms with Crippen LogP contribution in [0.2, 0.25) is 0 Å². The minimum atomic E-state index is -2.95. The van der Waals surface area contributed by atoms with Gasteiger partial charge in [-0.1, -0.05) is 0 Å². The van der Waals surface area contributed by atoms with Crippen molar-refractivity contribution < 1.29 is 18.4 Å². The fourth-order valence-corrected chi connectivity index (χ4v) is 3.56. The number of benzene rings is 1. The lowest BCUT2D eigenvalue weighted by Gasteiger charge is -2.32. The molecule has 0 aromatic heterocycles. The second-order valence-corrected chi connectivity index (χ2v) is 6.39. The zero-order chi connectivity index (χ0) is 17.8. The van der Waals surface area contributed by atoms with Crippen molar-refractivity contribution in [3.63, 3.8) is 0 Å². The van der Waals surface area contributed by atoms with Gasteiger partial charge < -0.3 is 10.1 Å². The molecule has 1 unspecified atom stereocenters. The van der Waals surface area contributed by atoms with Crippen molar-refractivity contribution >= 4 is 5.69 Å². The quantitative estimate of drug-likeness (QED) is 0.618. The normalized spacial score (nSPS) is 22.4. The molecular weight excluding hydrogens is 334 g/mol. The summed E-state index contributed by atoms with van der Waals surface area (Å²) < 4.78 is 29.7. The highest BCUT2D eigenvalue weighted by Gasteiger charge is 2.29. The zero-order valence-corrected chi connectivity index (χ0v) is 13.9. The lowest BCUT2D eigenvalue weighted by Crippen LogP contribution is -2.49. The summed E-state index contributed by atoms with van der Waals surface area (Å²) >= 11 is 0. The Kier molecular flexibility index (Phi) is 5.77. The molecule has 0 saturated carbocycles. The van der Waals surface area contributed by atoms with Gasteiger partial charge in [0.05, 0.1) is 4.92 Å². The van der Waals surface area contributed by atoms with Gasteiger partial charge in [0.1, 0.15) is 5.75 Å². The summed E-state index contributed by atoms with van der Waals surface area (Å²) in [6, 6.07) is 4.22. The first-order chi connectivity index (χ1) is 12.0. The zero-order valence-electron chi connectivity index (χ0n) is 13.9. The van der Waals surface area contributed by atoms with Crippen LogP contribution in [0.15, 0.2) is 18.2 Å². The average molecular weight is 356 g/mol. The Morgan fingerprint density at radius 3 is 2.76 bits per heavy atom. The van der Waals surface area contributed by atoms with Crippen LogP contribution in [-0.4, -0.2) is 66.6 Å². The molecule has 1 aromatic carbocycles. The van der Waals surface area contributed by atoms with Gasteiger partial charge in [0, 0.05) is 69.6 Å². The summed E-state index contributed by atoms with van der Waals surface area (Å²) in [6.45, 7) is 3.06. The minimum Gasteiger partial charge on any atom is -0.434 e. The van der Waals surface area contributed by atoms with Gasteiger partial charge in [0.15, 0.2) is 0 Å². The summed E-state index contributed by atoms with van der Waals surface area (Å²) in [5.74, 6) is 0.00576. The molecule has 0 radical (unpaired) electrons. The van der Waals surface area contributed by atoms with E-state index in [0.29, 0.717) is 18.2 Å². The van der Waals surface area contributed by atoms with E-state index in [4.69, 9.17) is 0 Å². The van der Waals surface area contributed by atoms with Crippen molar-refractivity contribution in [3.05, 3.63) is 33.9 Å². The number of ether oxygens (including phenoxy) is 1. The topological polar surface area (TPSA) is 70.9 Å². The average Bonchev–Trinajstić information content (AvgIpc) is 3.05. The Hall–Kier alpha value is -1.84. The number of nitro benzene ring substituents is 1. The first-order valence-corrected chi connectivity index (χ1v) is 8.42. The van der Waals surface area contributed by atoms with Crippen LogP contribution in [0.5, 0.6) is 5.75 Å². The maximum atomic E-state index is 12.6. The number of non-ortho nitro benzene ring substituents is 1. The van der Waals surface area contributed by atoms with Gasteiger partial charge in [-0.05, 0) is 12.5 Å². The first kappa shape index (κ1) is 18.0. The van der Waals surface area contributed by atoms with E-state index in [1.54, 1.807) is 0 Å². The number of hydrogen-bond acceptors (Lipinski definition) is 6. The molecule has 7 nitrogen and oxygen atoms in total. The van der Waals surface area contributed by atoms with Gasteiger partial charge in [-0.3, -0.25) is 19.9 Å². The third kappa shape index (κ3) is 4.62. The van der Waals surface area contributed by atoms with Gasteiger partial charge >= 0.3 is 6.61 Å². The molecule has 1 atom stereocenters. The number of rotatable bonds is 6. The van der Waals surface area contributed by atoms with Gasteiger partial charge in [-0.25, -0.2) is 0 Å². The van der Waals surface area contributed by atoms with Crippen LogP contribution >= 0.6 is 0 Å². The van der Waals surface area contributed by atoms with Gasteiger partial charge in [0.2, 0.25) is 0 Å². The molecule has 2 fully saturated rings. The minimum absolute atomic E-state index is 0.00576. The molecule has 0 amide bonds. The second kappa shape index (κ2) is 8.03. The number of nitrogens with zero attached hydrogens (tertiary/aromatic N) is 3. The fourth-order valence-electron chi connectivity index (χ4n) is 3.56. The molecule has 2 saturated heterocycles. The molecule has 0 spiro atoms. The predicted octanol–water partition coefficient (Wildman–Crippen LogP) is 1.68. The van der Waals surface area contributed by atoms with Crippen LogP contribution in [-0.2, 0) is 6.54 Å². The molecule has 2 aliphatic rings. The summed E-state index contributed by atoms with van der Waals surface area (Å²) in [6.07, 6.45) is 1.01. The number of nitro groups is 1. The molecule has 1 N–H and O–H groups in total. The van der Waals surface area contributed by atoms with Crippen molar-refractivity contribution in [3.8, 4) is 5.75 Å². The molecule has 25 heavy (non-hydrogen) atoms. The lowest BCUT2D eigenvalue weighted by atomic mass is 10.1. The molecule has 1 aromatic rings. The third-order valence-electron chi connectivity index (χ3n) is 4.78. The summed E-state index contributed by atoms with van der Waals surface area (Å²) in [5.41, 5.74) is 0.310. The molecular formula is C16H22F2N4O3. The van der Waals surface area contributed by atoms with Gasteiger partial charge in [-0.15, -0.1) is 0 Å². The fraction of sp³-hybridized carbons (Fsp3) is 0.625. The van der Waals surface area contributed by atoms with E-state index in [0.717, 1.165) is 45.7 Å². The van der Waals surface area contributed by atoms with Crippen LogP contribution < -0.4 is 10.1 Å². The number of hydrogen-bond donors (Lipinski definition) is 1. The lowest BCUT2D eigenvalue weighted by molar-refractivity contribution is -0.385. The third-order valence-corrected chi connectivity index (χ3v) is 4.78. The highest BCUT2D eigenvalue weighted by Crippen LogP contribution is 2.28. The van der Waals surface area contributed by atoms with E-state index < -0.39 is 11.5 Å². The van der Waals surface area contributed by atoms with E-state index in [-0.39, 0.29) is 11.4 Å². The van der Waals surface area contributed by atoms with E-state index in [1.807, 2.05) is 0 Å². The molecule has 2 aliphatic heterocycles. The summed E-state index contributed by atoms with van der Waals surface area (Å²) in [4.78, 5) is 15.0. The SMILES string of the molecule is O=[N+]([O-])c1ccc(OC(F)F)c(CN2CCC(N3CCNCC3)C2)c1. The Morgan fingerprint density at radius 2 is 2.08 bits per heavy atom. The van der Waals surface area contributed by atoms with Crippen molar-refractivity contribution in [1.29, 1.82) is 0 Å². The summed E-state index contributed by atoms with van der Waals surface area (Å²) in [5, 5.41) is 14.3. The molecule has 9 heteroatoms. The predicted molar refractivity (Wildman–Crippen MR) is 87.9 cm³/mol. The maximum absolute atomic E-state index is 12.6. The monoisotopic (exact) mass is 356 g/mol. The number of piperazine rings is 1. The second-order valence-electron chi connectivity index (χ2n) is 6.39. The van der Waals surface area contributed by atoms with E-state index in [1.165, 1.54) is 18.2 Å². The molecule has 0 aliphatic carbocycles. The standard InChI is InChI=1S/C16H22F2N4O3/c17-16(18)25-15-2-1-13(22(23)24)9-12(15)10-20-6-3-14(11-20)21-7-4-19-5-8-21/h1-2,9,14,16,19H,3-8,10-11H2. The molecule has 0 bridgehead atoms. The number of alkyl halides is 2. The summed E-state index contributed by atoms with van der Waals surface area (Å²) in [7, 11) is 0. The first-order valence-electron chi connectivity index (χ1n) is 8.42. The van der Waals surface area contributed by atoms with E-state index in [9.17, 15) is 18.9 Å². The van der Waals surface area contributed by atoms with Crippen molar-refractivity contribution in [2.75, 3.05) is 39.3 Å². The van der Waals surface area contributed by atoms with Crippen LogP contribution in [0.1, 0.15) is 12.0 Å². The Balaban J connectivity index is 1.68. The van der Waals surface area contributed by atoms with Crippen LogP contribution in [0.3, 0.4) is 0 Å². The molecule has 3 rings (SSSR count). The van der Waals surface area contributed by atoms with Gasteiger partial charge in [-0.2, -0.15) is 8.78 Å². The Bertz CT molecular complexity index is 611. The van der Waals surface area contributed by atoms with E-state index in [2.05, 4.69) is 19.9 Å². The number of nitrogens with one attached hydrogen (secondary N) is 1. The molecule has 2 heterocycles. The van der Waals surface area contributed by atoms with Crippen molar-refractivity contribution in [2.24, 2.45) is 0 Å². The molecule has 138 valence electrons. The Morgan fingerprint density at radius 1 is 1.32 bits per heavy atom. The van der Waals surface area contributed by atoms with Crippen LogP contribution in [0.25, 0.3) is 0 Å². The van der Waals surface area contributed by atoms with Crippen LogP contribution in [0.4, 0.5) is 14.5 Å². The Labute approximate surface area is 144 Å². The van der Waals surface area contributed by atoms with Crippen molar-refractivity contribution in [1.82, 2.24) is 15.1 Å². The number of halogens is 2. The highest BCUT2D eigenvalue weighted by molar-refractivity contribution is 5.43.